The third-order valence-corrected chi connectivity index (χ3v) is 2.21. The predicted molar refractivity (Wildman–Crippen MR) is 63.1 cm³/mol. The lowest BCUT2D eigenvalue weighted by atomic mass is 10.0. The van der Waals surface area contributed by atoms with Crippen LogP contribution in [0.5, 0.6) is 0 Å². The van der Waals surface area contributed by atoms with Gasteiger partial charge in [-0.15, -0.1) is 6.58 Å². The Hall–Kier alpha value is -1.32. The number of aliphatic carboxylic acids is 1. The van der Waals surface area contributed by atoms with E-state index >= 15 is 0 Å². The van der Waals surface area contributed by atoms with Crippen molar-refractivity contribution in [1.82, 2.24) is 4.90 Å². The van der Waals surface area contributed by atoms with E-state index in [-0.39, 0.29) is 18.4 Å². The summed E-state index contributed by atoms with van der Waals surface area (Å²) in [7, 11) is 0. The molecule has 0 saturated carbocycles. The van der Waals surface area contributed by atoms with E-state index in [1.807, 2.05) is 20.8 Å². The number of hydrogen-bond donors (Lipinski definition) is 1. The van der Waals surface area contributed by atoms with Gasteiger partial charge in [-0.3, -0.25) is 9.59 Å². The lowest BCUT2D eigenvalue weighted by molar-refractivity contribution is -0.146. The zero-order valence-corrected chi connectivity index (χ0v) is 10.3. The van der Waals surface area contributed by atoms with Crippen molar-refractivity contribution >= 4 is 11.9 Å². The zero-order valence-electron chi connectivity index (χ0n) is 10.3. The first-order valence-corrected chi connectivity index (χ1v) is 5.53. The van der Waals surface area contributed by atoms with E-state index in [1.165, 1.54) is 4.90 Å². The normalized spacial score (nSPS) is 11.9. The topological polar surface area (TPSA) is 57.6 Å². The van der Waals surface area contributed by atoms with Gasteiger partial charge in [0.05, 0.1) is 0 Å². The maximum atomic E-state index is 11.9. The van der Waals surface area contributed by atoms with Crippen LogP contribution in [0.2, 0.25) is 0 Å². The summed E-state index contributed by atoms with van der Waals surface area (Å²) in [5, 5.41) is 8.71. The SMILES string of the molecule is C=C(C)CC(C)C(=O)N(CCC)CC(=O)O. The molecule has 0 aliphatic heterocycles. The number of allylic oxidation sites excluding steroid dienone is 1. The van der Waals surface area contributed by atoms with E-state index in [0.717, 1.165) is 12.0 Å². The van der Waals surface area contributed by atoms with Crippen molar-refractivity contribution in [2.24, 2.45) is 5.92 Å². The monoisotopic (exact) mass is 227 g/mol. The number of hydrogen-bond acceptors (Lipinski definition) is 2. The first-order valence-electron chi connectivity index (χ1n) is 5.53. The quantitative estimate of drug-likeness (QED) is 0.676. The molecular formula is C12H21NO3. The van der Waals surface area contributed by atoms with Gasteiger partial charge in [0.15, 0.2) is 0 Å². The number of carboxylic acid groups (broad SMARTS) is 1. The first kappa shape index (κ1) is 14.7. The first-order chi connectivity index (χ1) is 7.38. The highest BCUT2D eigenvalue weighted by Crippen LogP contribution is 2.12. The summed E-state index contributed by atoms with van der Waals surface area (Å²) >= 11 is 0. The molecule has 16 heavy (non-hydrogen) atoms. The molecule has 0 aliphatic carbocycles. The van der Waals surface area contributed by atoms with Crippen molar-refractivity contribution in [3.8, 4) is 0 Å². The Morgan fingerprint density at radius 1 is 1.44 bits per heavy atom. The number of amides is 1. The third kappa shape index (κ3) is 5.53. The molecule has 1 atom stereocenters. The molecule has 0 fully saturated rings. The molecule has 0 radical (unpaired) electrons. The van der Waals surface area contributed by atoms with Crippen LogP contribution in [-0.2, 0) is 9.59 Å². The Morgan fingerprint density at radius 2 is 2.00 bits per heavy atom. The van der Waals surface area contributed by atoms with Crippen molar-refractivity contribution < 1.29 is 14.7 Å². The molecule has 0 rings (SSSR count). The van der Waals surface area contributed by atoms with Gasteiger partial charge in [0, 0.05) is 12.5 Å². The molecule has 0 bridgehead atoms. The van der Waals surface area contributed by atoms with Crippen LogP contribution in [0.3, 0.4) is 0 Å². The average molecular weight is 227 g/mol. The predicted octanol–water partition coefficient (Wildman–Crippen LogP) is 1.91. The standard InChI is InChI=1S/C12H21NO3/c1-5-6-13(8-11(14)15)12(16)10(4)7-9(2)3/h10H,2,5-8H2,1,3-4H3,(H,14,15). The van der Waals surface area contributed by atoms with Gasteiger partial charge < -0.3 is 10.0 Å². The van der Waals surface area contributed by atoms with Crippen LogP contribution in [-0.4, -0.2) is 35.0 Å². The van der Waals surface area contributed by atoms with Crippen molar-refractivity contribution in [3.63, 3.8) is 0 Å². The number of carbonyl (C=O) groups excluding carboxylic acids is 1. The molecule has 92 valence electrons. The molecule has 4 nitrogen and oxygen atoms in total. The average Bonchev–Trinajstić information content (AvgIpc) is 2.14. The van der Waals surface area contributed by atoms with E-state index in [4.69, 9.17) is 5.11 Å². The van der Waals surface area contributed by atoms with E-state index in [2.05, 4.69) is 6.58 Å². The maximum Gasteiger partial charge on any atom is 0.323 e. The van der Waals surface area contributed by atoms with Crippen LogP contribution < -0.4 is 0 Å². The summed E-state index contributed by atoms with van der Waals surface area (Å²) in [5.74, 6) is -1.26. The number of nitrogens with zero attached hydrogens (tertiary/aromatic N) is 1. The minimum absolute atomic E-state index is 0.104. The van der Waals surface area contributed by atoms with E-state index in [0.29, 0.717) is 13.0 Å². The summed E-state index contributed by atoms with van der Waals surface area (Å²) < 4.78 is 0. The Morgan fingerprint density at radius 3 is 2.38 bits per heavy atom. The second-order valence-corrected chi connectivity index (χ2v) is 4.22. The summed E-state index contributed by atoms with van der Waals surface area (Å²) in [6.07, 6.45) is 1.37. The Bertz CT molecular complexity index is 273. The Labute approximate surface area is 96.9 Å². The van der Waals surface area contributed by atoms with E-state index < -0.39 is 5.97 Å². The minimum atomic E-state index is -0.968. The van der Waals surface area contributed by atoms with Crippen LogP contribution >= 0.6 is 0 Å². The smallest absolute Gasteiger partial charge is 0.323 e. The van der Waals surface area contributed by atoms with Crippen molar-refractivity contribution in [1.29, 1.82) is 0 Å². The lowest BCUT2D eigenvalue weighted by Crippen LogP contribution is -2.39. The summed E-state index contributed by atoms with van der Waals surface area (Å²) in [6.45, 7) is 9.63. The van der Waals surface area contributed by atoms with Gasteiger partial charge in [0.2, 0.25) is 5.91 Å². The molecule has 0 spiro atoms. The summed E-state index contributed by atoms with van der Waals surface area (Å²) in [4.78, 5) is 23.9. The number of carbonyl (C=O) groups is 2. The number of carboxylic acids is 1. The molecule has 0 aromatic heterocycles. The second kappa shape index (κ2) is 7.04. The highest BCUT2D eigenvalue weighted by Gasteiger charge is 2.21. The van der Waals surface area contributed by atoms with Gasteiger partial charge in [-0.05, 0) is 19.8 Å². The van der Waals surface area contributed by atoms with Gasteiger partial charge in [0.1, 0.15) is 6.54 Å². The van der Waals surface area contributed by atoms with Crippen LogP contribution in [0.4, 0.5) is 0 Å². The van der Waals surface area contributed by atoms with Gasteiger partial charge in [-0.1, -0.05) is 19.4 Å². The van der Waals surface area contributed by atoms with Crippen molar-refractivity contribution in [2.45, 2.75) is 33.6 Å². The van der Waals surface area contributed by atoms with Crippen LogP contribution in [0.15, 0.2) is 12.2 Å². The highest BCUT2D eigenvalue weighted by atomic mass is 16.4. The molecule has 1 amide bonds. The molecule has 0 heterocycles. The molecule has 0 aromatic carbocycles. The minimum Gasteiger partial charge on any atom is -0.480 e. The molecule has 1 unspecified atom stereocenters. The molecule has 0 saturated heterocycles. The van der Waals surface area contributed by atoms with Crippen molar-refractivity contribution in [2.75, 3.05) is 13.1 Å². The summed E-state index contributed by atoms with van der Waals surface area (Å²) in [5.41, 5.74) is 0.938. The van der Waals surface area contributed by atoms with E-state index in [1.54, 1.807) is 0 Å². The van der Waals surface area contributed by atoms with Gasteiger partial charge in [0.25, 0.3) is 0 Å². The van der Waals surface area contributed by atoms with E-state index in [9.17, 15) is 9.59 Å². The van der Waals surface area contributed by atoms with Crippen LogP contribution in [0.25, 0.3) is 0 Å². The van der Waals surface area contributed by atoms with Gasteiger partial charge in [-0.25, -0.2) is 0 Å². The fourth-order valence-electron chi connectivity index (χ4n) is 1.62. The van der Waals surface area contributed by atoms with Crippen LogP contribution in [0, 0.1) is 5.92 Å². The van der Waals surface area contributed by atoms with Crippen LogP contribution in [0.1, 0.15) is 33.6 Å². The largest absolute Gasteiger partial charge is 0.480 e. The molecule has 1 N–H and O–H groups in total. The van der Waals surface area contributed by atoms with Crippen molar-refractivity contribution in [3.05, 3.63) is 12.2 Å². The number of rotatable bonds is 7. The maximum absolute atomic E-state index is 11.9. The molecular weight excluding hydrogens is 206 g/mol. The molecule has 0 aliphatic rings. The summed E-state index contributed by atoms with van der Waals surface area (Å²) in [6, 6.07) is 0. The third-order valence-electron chi connectivity index (χ3n) is 2.21. The highest BCUT2D eigenvalue weighted by molar-refractivity contribution is 5.83. The van der Waals surface area contributed by atoms with Gasteiger partial charge >= 0.3 is 5.97 Å². The zero-order chi connectivity index (χ0) is 12.7. The van der Waals surface area contributed by atoms with Gasteiger partial charge in [-0.2, -0.15) is 0 Å². The fraction of sp³-hybridized carbons (Fsp3) is 0.667. The fourth-order valence-corrected chi connectivity index (χ4v) is 1.62. The molecule has 4 heteroatoms. The Kier molecular flexibility index (Phi) is 6.46. The second-order valence-electron chi connectivity index (χ2n) is 4.22. The molecule has 0 aromatic rings. The Balaban J connectivity index is 4.46. The lowest BCUT2D eigenvalue weighted by Gasteiger charge is -2.23.